The van der Waals surface area contributed by atoms with E-state index in [4.69, 9.17) is 5.73 Å². The average Bonchev–Trinajstić information content (AvgIpc) is 3.32. The summed E-state index contributed by atoms with van der Waals surface area (Å²) in [4.78, 5) is 66.3. The maximum Gasteiger partial charge on any atom is 0.231 e. The second kappa shape index (κ2) is 10.1. The van der Waals surface area contributed by atoms with Crippen molar-refractivity contribution in [1.82, 2.24) is 9.80 Å². The Kier molecular flexibility index (Phi) is 7.52. The van der Waals surface area contributed by atoms with Gasteiger partial charge in [0.05, 0.1) is 17.6 Å². The van der Waals surface area contributed by atoms with E-state index in [0.29, 0.717) is 6.29 Å². The number of aliphatic hydroxyl groups is 1. The predicted molar refractivity (Wildman–Crippen MR) is 133 cm³/mol. The van der Waals surface area contributed by atoms with E-state index in [-0.39, 0.29) is 48.2 Å². The summed E-state index contributed by atoms with van der Waals surface area (Å²) in [5.41, 5.74) is 4.22. The van der Waals surface area contributed by atoms with Gasteiger partial charge in [0, 0.05) is 47.3 Å². The lowest BCUT2D eigenvalue weighted by Crippen LogP contribution is -2.62. The molecule has 0 saturated heterocycles. The Morgan fingerprint density at radius 2 is 1.74 bits per heavy atom. The molecule has 6 atom stereocenters. The second-order valence-corrected chi connectivity index (χ2v) is 11.7. The number of aldehydes is 1. The lowest BCUT2D eigenvalue weighted by molar-refractivity contribution is -0.157. The van der Waals surface area contributed by atoms with Crippen LogP contribution in [0.25, 0.3) is 0 Å². The molecule has 0 spiro atoms. The quantitative estimate of drug-likeness (QED) is 0.247. The van der Waals surface area contributed by atoms with Gasteiger partial charge in [-0.2, -0.15) is 0 Å². The van der Waals surface area contributed by atoms with Crippen LogP contribution in [0.3, 0.4) is 0 Å². The van der Waals surface area contributed by atoms with Crippen LogP contribution in [-0.2, 0) is 38.7 Å². The summed E-state index contributed by atoms with van der Waals surface area (Å²) < 4.78 is 29.5. The molecule has 1 aromatic rings. The number of fused-ring (bicyclic) bond motifs is 2. The number of carbonyl (C=O) groups is 5. The number of primary amides is 1. The number of amides is 1. The number of Topliss-reactive ketones (excluding diaryl/α,β-unsaturated/α-hetero) is 3. The molecule has 4 N–H and O–H groups in total. The first-order valence-corrected chi connectivity index (χ1v) is 12.7. The third-order valence-electron chi connectivity index (χ3n) is 8.69. The summed E-state index contributed by atoms with van der Waals surface area (Å²) in [6, 6.07) is -1.04. The molecule has 1 heterocycles. The maximum absolute atomic E-state index is 15.9. The number of phenols is 1. The van der Waals surface area contributed by atoms with Crippen molar-refractivity contribution in [2.24, 2.45) is 29.4 Å². The van der Waals surface area contributed by atoms with Gasteiger partial charge in [-0.1, -0.05) is 0 Å². The fourth-order valence-electron chi connectivity index (χ4n) is 6.39. The van der Waals surface area contributed by atoms with Gasteiger partial charge in [0.25, 0.3) is 0 Å². The van der Waals surface area contributed by atoms with Crippen LogP contribution in [0.4, 0.5) is 8.78 Å². The number of hydrogen-bond donors (Lipinski definition) is 3. The largest absolute Gasteiger partial charge is 0.507 e. The molecular weight excluding hydrogens is 516 g/mol. The fourth-order valence-corrected chi connectivity index (χ4v) is 6.39. The highest BCUT2D eigenvalue weighted by atomic mass is 19.1. The molecule has 1 amide bonds. The molecule has 1 aromatic carbocycles. The van der Waals surface area contributed by atoms with Gasteiger partial charge < -0.3 is 25.6 Å². The predicted octanol–water partition coefficient (Wildman–Crippen LogP) is 0.316. The number of ketones is 3. The maximum atomic E-state index is 15.9. The number of aliphatic hydroxyl groups excluding tert-OH is 1. The standard InChI is InChI=1S/C27H33F2N3O7/c1-27(2,10-28)32-7-14-15(8-32)21(34)17-12(19(14)29)5-11(16(9-33)22(17)35)6-13-20(31(3)4)24(37)18(26(30)39)25(38)23(13)36/h9,11,13,16,18,20,24,34,37H,5-8,10H2,1-4H3,(H2,30,39). The molecule has 6 unspecified atom stereocenters. The van der Waals surface area contributed by atoms with Crippen LogP contribution in [0.15, 0.2) is 0 Å². The number of nitrogens with zero attached hydrogens (tertiary/aromatic N) is 2. The molecule has 12 heteroatoms. The number of aromatic hydroxyl groups is 1. The summed E-state index contributed by atoms with van der Waals surface area (Å²) in [5, 5.41) is 21.8. The molecule has 2 aliphatic carbocycles. The highest BCUT2D eigenvalue weighted by Gasteiger charge is 2.54. The van der Waals surface area contributed by atoms with Crippen LogP contribution in [0.5, 0.6) is 5.75 Å². The van der Waals surface area contributed by atoms with Crippen LogP contribution < -0.4 is 5.73 Å². The van der Waals surface area contributed by atoms with Crippen molar-refractivity contribution in [3.05, 3.63) is 28.1 Å². The zero-order chi connectivity index (χ0) is 29.1. The van der Waals surface area contributed by atoms with Crippen LogP contribution in [-0.4, -0.2) is 88.0 Å². The van der Waals surface area contributed by atoms with Crippen molar-refractivity contribution < 1.29 is 43.0 Å². The van der Waals surface area contributed by atoms with E-state index in [2.05, 4.69) is 0 Å². The molecule has 1 fully saturated rings. The van der Waals surface area contributed by atoms with Crippen LogP contribution in [0.2, 0.25) is 0 Å². The SMILES string of the molecule is CN(C)C1C(CC2Cc3c(F)c4c(c(O)c3C(=O)C2C=O)CN(C(C)(C)CF)C4)C(=O)C(=O)C(C(N)=O)C1O. The fraction of sp³-hybridized carbons (Fsp3) is 0.593. The Bertz CT molecular complexity index is 1260. The highest BCUT2D eigenvalue weighted by Crippen LogP contribution is 2.46. The average molecular weight is 550 g/mol. The molecule has 4 rings (SSSR count). The molecule has 212 valence electrons. The van der Waals surface area contributed by atoms with Gasteiger partial charge in [-0.15, -0.1) is 0 Å². The van der Waals surface area contributed by atoms with E-state index in [9.17, 15) is 38.6 Å². The molecule has 1 saturated carbocycles. The third-order valence-corrected chi connectivity index (χ3v) is 8.69. The van der Waals surface area contributed by atoms with E-state index < -0.39 is 82.9 Å². The second-order valence-electron chi connectivity index (χ2n) is 11.7. The van der Waals surface area contributed by atoms with Crippen molar-refractivity contribution in [2.75, 3.05) is 20.8 Å². The van der Waals surface area contributed by atoms with Crippen LogP contribution in [0, 0.1) is 29.5 Å². The minimum atomic E-state index is -1.73. The Hall–Kier alpha value is -3.09. The summed E-state index contributed by atoms with van der Waals surface area (Å²) in [6.07, 6.45) is -1.66. The van der Waals surface area contributed by atoms with Crippen molar-refractivity contribution in [1.29, 1.82) is 0 Å². The number of alkyl halides is 1. The van der Waals surface area contributed by atoms with E-state index in [1.165, 1.54) is 19.0 Å². The lowest BCUT2D eigenvalue weighted by Gasteiger charge is -2.43. The molecule has 0 radical (unpaired) electrons. The molecular formula is C27H33F2N3O7. The van der Waals surface area contributed by atoms with E-state index >= 15 is 4.39 Å². The first kappa shape index (κ1) is 28.9. The molecule has 1 aliphatic heterocycles. The van der Waals surface area contributed by atoms with Gasteiger partial charge in [-0.05, 0) is 46.7 Å². The minimum absolute atomic E-state index is 0.00784. The number of halogens is 2. The van der Waals surface area contributed by atoms with E-state index in [0.717, 1.165) is 0 Å². The summed E-state index contributed by atoms with van der Waals surface area (Å²) in [7, 11) is 3.07. The Balaban J connectivity index is 1.74. The molecule has 39 heavy (non-hydrogen) atoms. The van der Waals surface area contributed by atoms with Crippen LogP contribution in [0.1, 0.15) is 47.3 Å². The summed E-state index contributed by atoms with van der Waals surface area (Å²) >= 11 is 0. The van der Waals surface area contributed by atoms with Crippen molar-refractivity contribution in [2.45, 2.75) is 57.5 Å². The number of phenolic OH excluding ortho intramolecular Hbond substituents is 1. The van der Waals surface area contributed by atoms with Gasteiger partial charge in [0.2, 0.25) is 17.5 Å². The van der Waals surface area contributed by atoms with Gasteiger partial charge >= 0.3 is 0 Å². The molecule has 0 bridgehead atoms. The van der Waals surface area contributed by atoms with E-state index in [1.54, 1.807) is 18.7 Å². The van der Waals surface area contributed by atoms with Gasteiger partial charge in [0.1, 0.15) is 30.4 Å². The summed E-state index contributed by atoms with van der Waals surface area (Å²) in [6.45, 7) is 2.58. The highest BCUT2D eigenvalue weighted by molar-refractivity contribution is 6.43. The van der Waals surface area contributed by atoms with Crippen molar-refractivity contribution >= 4 is 29.5 Å². The molecule has 0 aromatic heterocycles. The number of hydrogen-bond acceptors (Lipinski definition) is 9. The minimum Gasteiger partial charge on any atom is -0.507 e. The third kappa shape index (κ3) is 4.48. The Labute approximate surface area is 224 Å². The smallest absolute Gasteiger partial charge is 0.231 e. The van der Waals surface area contributed by atoms with Gasteiger partial charge in [0.15, 0.2) is 5.78 Å². The zero-order valence-electron chi connectivity index (χ0n) is 22.2. The number of nitrogens with two attached hydrogens (primary N) is 1. The number of benzene rings is 1. The monoisotopic (exact) mass is 549 g/mol. The number of carbonyl (C=O) groups excluding carboxylic acids is 5. The van der Waals surface area contributed by atoms with Gasteiger partial charge in [-0.25, -0.2) is 8.78 Å². The Morgan fingerprint density at radius 3 is 2.28 bits per heavy atom. The van der Waals surface area contributed by atoms with Crippen molar-refractivity contribution in [3.8, 4) is 5.75 Å². The Morgan fingerprint density at radius 1 is 1.13 bits per heavy atom. The van der Waals surface area contributed by atoms with E-state index in [1.807, 2.05) is 0 Å². The van der Waals surface area contributed by atoms with Gasteiger partial charge in [-0.3, -0.25) is 24.1 Å². The number of likely N-dealkylation sites (N-methyl/N-ethyl adjacent to an activating group) is 1. The number of rotatable bonds is 7. The topological polar surface area (TPSA) is 158 Å². The normalized spacial score (nSPS) is 29.5. The molecule has 10 nitrogen and oxygen atoms in total. The first-order valence-electron chi connectivity index (χ1n) is 12.7. The summed E-state index contributed by atoms with van der Waals surface area (Å²) in [5.74, 6) is -10.5. The lowest BCUT2D eigenvalue weighted by atomic mass is 9.65. The zero-order valence-corrected chi connectivity index (χ0v) is 22.2. The first-order chi connectivity index (χ1) is 18.2. The molecule has 3 aliphatic rings. The van der Waals surface area contributed by atoms with Crippen molar-refractivity contribution in [3.63, 3.8) is 0 Å². The van der Waals surface area contributed by atoms with Crippen LogP contribution >= 0.6 is 0 Å².